The Kier molecular flexibility index (Phi) is 6.07. The maximum absolute atomic E-state index is 9.91. The lowest BCUT2D eigenvalue weighted by Gasteiger charge is -2.13. The number of aryl methyl sites for hydroxylation is 2. The van der Waals surface area contributed by atoms with Crippen LogP contribution in [0.3, 0.4) is 0 Å². The Morgan fingerprint density at radius 2 is 1.83 bits per heavy atom. The second-order valence-electron chi connectivity index (χ2n) is 4.81. The first kappa shape index (κ1) is 15.4. The van der Waals surface area contributed by atoms with Gasteiger partial charge >= 0.3 is 7.94 Å². The maximum atomic E-state index is 9.91. The van der Waals surface area contributed by atoms with Gasteiger partial charge in [0.25, 0.3) is 0 Å². The van der Waals surface area contributed by atoms with E-state index >= 15 is 0 Å². The Hall–Kier alpha value is -0.630. The van der Waals surface area contributed by atoms with E-state index in [1.54, 1.807) is 6.07 Å². The summed E-state index contributed by atoms with van der Waals surface area (Å²) in [4.78, 5) is 19.8. The Labute approximate surface area is 110 Å². The highest BCUT2D eigenvalue weighted by atomic mass is 31.2. The van der Waals surface area contributed by atoms with Crippen LogP contribution in [0.25, 0.3) is 0 Å². The predicted octanol–water partition coefficient (Wildman–Crippen LogP) is 4.01. The lowest BCUT2D eigenvalue weighted by Crippen LogP contribution is -2.05. The molecule has 0 aliphatic carbocycles. The molecule has 4 heteroatoms. The molecule has 0 heterocycles. The van der Waals surface area contributed by atoms with Crippen molar-refractivity contribution in [3.05, 3.63) is 29.3 Å². The molecule has 0 fully saturated rings. The van der Waals surface area contributed by atoms with E-state index in [-0.39, 0.29) is 0 Å². The van der Waals surface area contributed by atoms with Gasteiger partial charge in [-0.2, -0.15) is 9.79 Å². The second-order valence-corrected chi connectivity index (χ2v) is 6.77. The van der Waals surface area contributed by atoms with Crippen molar-refractivity contribution >= 4 is 7.94 Å². The standard InChI is InChI=1S/C14H24O3P/c1-4-5-6-7-10-18(15,16)17-14-9-8-12(2)11-13(14)3/h8-9,11,15-16H,4-7,10H2,1-3H3/q+1. The first-order valence-corrected chi connectivity index (χ1v) is 8.35. The van der Waals surface area contributed by atoms with E-state index < -0.39 is 7.94 Å². The minimum Gasteiger partial charge on any atom is -0.287 e. The normalized spacial score (nSPS) is 11.6. The lowest BCUT2D eigenvalue weighted by atomic mass is 10.1. The third-order valence-corrected chi connectivity index (χ3v) is 4.27. The van der Waals surface area contributed by atoms with Crippen molar-refractivity contribution in [2.75, 3.05) is 6.16 Å². The Morgan fingerprint density at radius 3 is 2.44 bits per heavy atom. The van der Waals surface area contributed by atoms with Crippen molar-refractivity contribution in [3.63, 3.8) is 0 Å². The quantitative estimate of drug-likeness (QED) is 0.582. The van der Waals surface area contributed by atoms with E-state index in [0.717, 1.165) is 36.8 Å². The van der Waals surface area contributed by atoms with Crippen LogP contribution in [0.5, 0.6) is 5.75 Å². The molecule has 1 rings (SSSR count). The SMILES string of the molecule is CCCCCC[P+](O)(O)Oc1ccc(C)cc1C. The van der Waals surface area contributed by atoms with Crippen LogP contribution >= 0.6 is 7.94 Å². The highest BCUT2D eigenvalue weighted by Gasteiger charge is 2.36. The van der Waals surface area contributed by atoms with Crippen LogP contribution in [-0.4, -0.2) is 15.9 Å². The fraction of sp³-hybridized carbons (Fsp3) is 0.571. The largest absolute Gasteiger partial charge is 0.451 e. The highest BCUT2D eigenvalue weighted by Crippen LogP contribution is 2.52. The van der Waals surface area contributed by atoms with E-state index in [2.05, 4.69) is 6.92 Å². The van der Waals surface area contributed by atoms with Crippen molar-refractivity contribution in [2.24, 2.45) is 0 Å². The maximum Gasteiger partial charge on any atom is 0.451 e. The average molecular weight is 271 g/mol. The highest BCUT2D eigenvalue weighted by molar-refractivity contribution is 7.60. The number of benzene rings is 1. The molecule has 0 bridgehead atoms. The predicted molar refractivity (Wildman–Crippen MR) is 76.9 cm³/mol. The Morgan fingerprint density at radius 1 is 1.11 bits per heavy atom. The molecule has 0 radical (unpaired) electrons. The Bertz CT molecular complexity index is 377. The van der Waals surface area contributed by atoms with Crippen molar-refractivity contribution in [1.29, 1.82) is 0 Å². The van der Waals surface area contributed by atoms with Gasteiger partial charge in [-0.15, -0.1) is 0 Å². The van der Waals surface area contributed by atoms with Crippen LogP contribution in [0.2, 0.25) is 0 Å². The topological polar surface area (TPSA) is 49.7 Å². The summed E-state index contributed by atoms with van der Waals surface area (Å²) in [6, 6.07) is 5.70. The van der Waals surface area contributed by atoms with Gasteiger partial charge in [-0.25, -0.2) is 0 Å². The summed E-state index contributed by atoms with van der Waals surface area (Å²) in [5, 5.41) is 0. The fourth-order valence-corrected chi connectivity index (χ4v) is 3.10. The molecular weight excluding hydrogens is 247 g/mol. The van der Waals surface area contributed by atoms with Gasteiger partial charge in [-0.05, 0) is 38.3 Å². The Balaban J connectivity index is 2.53. The van der Waals surface area contributed by atoms with Gasteiger partial charge in [0, 0.05) is 0 Å². The zero-order valence-corrected chi connectivity index (χ0v) is 12.4. The number of hydrogen-bond donors (Lipinski definition) is 2. The van der Waals surface area contributed by atoms with Crippen LogP contribution in [0, 0.1) is 13.8 Å². The number of unbranched alkanes of at least 4 members (excludes halogenated alkanes) is 3. The van der Waals surface area contributed by atoms with Gasteiger partial charge in [-0.1, -0.05) is 37.5 Å². The van der Waals surface area contributed by atoms with Crippen molar-refractivity contribution in [1.82, 2.24) is 0 Å². The number of rotatable bonds is 7. The zero-order valence-electron chi connectivity index (χ0n) is 11.5. The first-order valence-electron chi connectivity index (χ1n) is 6.55. The zero-order chi connectivity index (χ0) is 13.6. The van der Waals surface area contributed by atoms with Crippen LogP contribution < -0.4 is 4.52 Å². The molecule has 0 aliphatic heterocycles. The molecule has 18 heavy (non-hydrogen) atoms. The molecule has 0 unspecified atom stereocenters. The molecule has 2 N–H and O–H groups in total. The summed E-state index contributed by atoms with van der Waals surface area (Å²) in [5.74, 6) is 0.578. The molecule has 0 saturated carbocycles. The molecule has 3 nitrogen and oxygen atoms in total. The van der Waals surface area contributed by atoms with Crippen LogP contribution in [0.15, 0.2) is 18.2 Å². The van der Waals surface area contributed by atoms with E-state index in [1.807, 2.05) is 26.0 Å². The fourth-order valence-electron chi connectivity index (χ4n) is 1.85. The summed E-state index contributed by atoms with van der Waals surface area (Å²) in [6.45, 7) is 6.05. The summed E-state index contributed by atoms with van der Waals surface area (Å²) in [7, 11) is -3.25. The van der Waals surface area contributed by atoms with Gasteiger partial charge in [0.05, 0.1) is 0 Å². The smallest absolute Gasteiger partial charge is 0.287 e. The van der Waals surface area contributed by atoms with Crippen molar-refractivity contribution in [3.8, 4) is 5.75 Å². The molecule has 0 atom stereocenters. The molecule has 0 saturated heterocycles. The number of hydrogen-bond acceptors (Lipinski definition) is 3. The monoisotopic (exact) mass is 271 g/mol. The summed E-state index contributed by atoms with van der Waals surface area (Å²) in [5.41, 5.74) is 2.08. The van der Waals surface area contributed by atoms with E-state index in [1.165, 1.54) is 0 Å². The first-order chi connectivity index (χ1) is 8.44. The molecule has 0 aliphatic rings. The van der Waals surface area contributed by atoms with E-state index in [4.69, 9.17) is 4.52 Å². The minimum atomic E-state index is -3.25. The van der Waals surface area contributed by atoms with Gasteiger partial charge in [0.1, 0.15) is 6.16 Å². The van der Waals surface area contributed by atoms with Crippen LogP contribution in [-0.2, 0) is 0 Å². The van der Waals surface area contributed by atoms with Gasteiger partial charge in [0.15, 0.2) is 5.75 Å². The summed E-state index contributed by atoms with van der Waals surface area (Å²) in [6.07, 6.45) is 4.44. The van der Waals surface area contributed by atoms with E-state index in [9.17, 15) is 9.79 Å². The van der Waals surface area contributed by atoms with E-state index in [0.29, 0.717) is 11.9 Å². The van der Waals surface area contributed by atoms with Crippen molar-refractivity contribution < 1.29 is 14.3 Å². The second kappa shape index (κ2) is 7.08. The molecule has 0 amide bonds. The third-order valence-electron chi connectivity index (χ3n) is 2.88. The lowest BCUT2D eigenvalue weighted by molar-refractivity contribution is 0.335. The van der Waals surface area contributed by atoms with Crippen molar-refractivity contribution in [2.45, 2.75) is 46.5 Å². The van der Waals surface area contributed by atoms with Crippen LogP contribution in [0.4, 0.5) is 0 Å². The minimum absolute atomic E-state index is 0.348. The summed E-state index contributed by atoms with van der Waals surface area (Å²) < 4.78 is 5.39. The molecule has 0 spiro atoms. The van der Waals surface area contributed by atoms with Gasteiger partial charge in [0.2, 0.25) is 0 Å². The molecule has 102 valence electrons. The molecule has 0 aromatic heterocycles. The van der Waals surface area contributed by atoms with Gasteiger partial charge < -0.3 is 0 Å². The third kappa shape index (κ3) is 5.34. The van der Waals surface area contributed by atoms with Gasteiger partial charge in [-0.3, -0.25) is 4.52 Å². The summed E-state index contributed by atoms with van der Waals surface area (Å²) >= 11 is 0. The van der Waals surface area contributed by atoms with Crippen LogP contribution in [0.1, 0.15) is 43.7 Å². The molecule has 1 aromatic carbocycles. The molecule has 1 aromatic rings. The molecular formula is C14H24O3P+. The average Bonchev–Trinajstić information content (AvgIpc) is 2.28.